The maximum Gasteiger partial charge on any atom is 0.240 e. The summed E-state index contributed by atoms with van der Waals surface area (Å²) in [6, 6.07) is 21.2. The summed E-state index contributed by atoms with van der Waals surface area (Å²) in [5.41, 5.74) is 2.80. The average Bonchev–Trinajstić information content (AvgIpc) is 2.49. The lowest BCUT2D eigenvalue weighted by Gasteiger charge is -1.95. The van der Waals surface area contributed by atoms with Crippen molar-refractivity contribution in [1.82, 2.24) is 4.98 Å². The summed E-state index contributed by atoms with van der Waals surface area (Å²) in [4.78, 5) is 17.5. The molecule has 0 atom stereocenters. The van der Waals surface area contributed by atoms with Crippen LogP contribution in [-0.4, -0.2) is 11.1 Å². The summed E-state index contributed by atoms with van der Waals surface area (Å²) in [6.45, 7) is 2.01. The first kappa shape index (κ1) is 13.7. The van der Waals surface area contributed by atoms with Gasteiger partial charge >= 0.3 is 0 Å². The Labute approximate surface area is 117 Å². The van der Waals surface area contributed by atoms with E-state index in [1.807, 2.05) is 49.4 Å². The number of aryl methyl sites for hydroxylation is 1. The van der Waals surface area contributed by atoms with Gasteiger partial charge in [0.05, 0.1) is 11.2 Å². The van der Waals surface area contributed by atoms with Crippen LogP contribution in [0.5, 0.6) is 0 Å². The number of carbonyl (C=O) groups excluding carboxylic acids is 1. The first-order valence-electron chi connectivity index (χ1n) is 6.25. The zero-order chi connectivity index (χ0) is 14.2. The number of aliphatic imine (C=N–C) groups is 1. The van der Waals surface area contributed by atoms with Gasteiger partial charge in [-0.2, -0.15) is 4.99 Å². The summed E-state index contributed by atoms with van der Waals surface area (Å²) >= 11 is 0. The molecule has 0 unspecified atom stereocenters. The highest BCUT2D eigenvalue weighted by molar-refractivity contribution is 5.78. The van der Waals surface area contributed by atoms with Crippen LogP contribution in [0.25, 0.3) is 10.9 Å². The first-order valence-corrected chi connectivity index (χ1v) is 6.25. The highest BCUT2D eigenvalue weighted by Crippen LogP contribution is 2.10. The molecule has 2 aromatic carbocycles. The van der Waals surface area contributed by atoms with Crippen LogP contribution in [0.4, 0.5) is 5.69 Å². The van der Waals surface area contributed by atoms with Crippen LogP contribution in [0.3, 0.4) is 0 Å². The fourth-order valence-corrected chi connectivity index (χ4v) is 1.72. The molecular formula is C17H14N2O. The average molecular weight is 262 g/mol. The lowest BCUT2D eigenvalue weighted by molar-refractivity contribution is 0.565. The molecule has 1 aromatic heterocycles. The monoisotopic (exact) mass is 262 g/mol. The lowest BCUT2D eigenvalue weighted by atomic mass is 10.2. The van der Waals surface area contributed by atoms with Crippen LogP contribution in [0.1, 0.15) is 5.69 Å². The maximum atomic E-state index is 9.68. The highest BCUT2D eigenvalue weighted by atomic mass is 16.1. The number of isocyanates is 1. The Bertz CT molecular complexity index is 732. The van der Waals surface area contributed by atoms with Crippen molar-refractivity contribution in [3.05, 3.63) is 72.4 Å². The number of pyridine rings is 1. The third-order valence-electron chi connectivity index (χ3n) is 2.67. The van der Waals surface area contributed by atoms with Crippen molar-refractivity contribution in [2.24, 2.45) is 4.99 Å². The molecule has 0 bridgehead atoms. The van der Waals surface area contributed by atoms with Crippen molar-refractivity contribution < 1.29 is 4.79 Å². The molecule has 0 spiro atoms. The molecule has 0 N–H and O–H groups in total. The fourth-order valence-electron chi connectivity index (χ4n) is 1.72. The third-order valence-corrected chi connectivity index (χ3v) is 2.67. The van der Waals surface area contributed by atoms with Crippen LogP contribution >= 0.6 is 0 Å². The zero-order valence-electron chi connectivity index (χ0n) is 11.2. The summed E-state index contributed by atoms with van der Waals surface area (Å²) < 4.78 is 0. The van der Waals surface area contributed by atoms with Crippen LogP contribution in [-0.2, 0) is 4.79 Å². The van der Waals surface area contributed by atoms with Crippen molar-refractivity contribution in [2.45, 2.75) is 6.92 Å². The van der Waals surface area contributed by atoms with Crippen LogP contribution in [0.15, 0.2) is 71.7 Å². The van der Waals surface area contributed by atoms with E-state index in [0.717, 1.165) is 11.2 Å². The van der Waals surface area contributed by atoms with Gasteiger partial charge in [-0.15, -0.1) is 0 Å². The van der Waals surface area contributed by atoms with E-state index in [9.17, 15) is 4.79 Å². The molecule has 0 fully saturated rings. The number of rotatable bonds is 1. The van der Waals surface area contributed by atoms with Gasteiger partial charge in [-0.25, -0.2) is 4.79 Å². The minimum absolute atomic E-state index is 0.646. The summed E-state index contributed by atoms with van der Waals surface area (Å²) in [5.74, 6) is 0. The van der Waals surface area contributed by atoms with E-state index < -0.39 is 0 Å². The molecule has 3 rings (SSSR count). The van der Waals surface area contributed by atoms with Gasteiger partial charge in [-0.3, -0.25) is 4.98 Å². The maximum absolute atomic E-state index is 9.68. The van der Waals surface area contributed by atoms with E-state index in [1.54, 1.807) is 12.1 Å². The Morgan fingerprint density at radius 2 is 1.60 bits per heavy atom. The van der Waals surface area contributed by atoms with E-state index in [1.165, 1.54) is 11.5 Å². The van der Waals surface area contributed by atoms with Crippen molar-refractivity contribution in [3.63, 3.8) is 0 Å². The van der Waals surface area contributed by atoms with Gasteiger partial charge in [0.2, 0.25) is 6.08 Å². The van der Waals surface area contributed by atoms with Gasteiger partial charge in [0.25, 0.3) is 0 Å². The molecule has 98 valence electrons. The third kappa shape index (κ3) is 3.87. The van der Waals surface area contributed by atoms with Crippen LogP contribution < -0.4 is 0 Å². The standard InChI is InChI=1S/C10H9N.C7H5NO/c1-8-6-7-9-4-2-3-5-10(9)11-8;9-6-8-7-4-2-1-3-5-7/h2-7H,1H3;1-5H. The van der Waals surface area contributed by atoms with Gasteiger partial charge in [-0.1, -0.05) is 42.5 Å². The quantitative estimate of drug-likeness (QED) is 0.487. The zero-order valence-corrected chi connectivity index (χ0v) is 11.2. The molecular weight excluding hydrogens is 248 g/mol. The topological polar surface area (TPSA) is 42.3 Å². The fraction of sp³-hybridized carbons (Fsp3) is 0.0588. The normalized spacial score (nSPS) is 9.25. The predicted octanol–water partition coefficient (Wildman–Crippen LogP) is 4.20. The molecule has 0 aliphatic carbocycles. The van der Waals surface area contributed by atoms with Gasteiger partial charge in [0.15, 0.2) is 0 Å². The largest absolute Gasteiger partial charge is 0.253 e. The van der Waals surface area contributed by atoms with E-state index in [-0.39, 0.29) is 0 Å². The van der Waals surface area contributed by atoms with Crippen molar-refractivity contribution in [3.8, 4) is 0 Å². The van der Waals surface area contributed by atoms with Crippen molar-refractivity contribution >= 4 is 22.7 Å². The molecule has 1 heterocycles. The van der Waals surface area contributed by atoms with E-state index >= 15 is 0 Å². The van der Waals surface area contributed by atoms with Crippen LogP contribution in [0, 0.1) is 6.92 Å². The molecule has 0 saturated carbocycles. The molecule has 0 aliphatic heterocycles. The molecule has 3 nitrogen and oxygen atoms in total. The van der Waals surface area contributed by atoms with Gasteiger partial charge < -0.3 is 0 Å². The number of aromatic nitrogens is 1. The second kappa shape index (κ2) is 6.98. The van der Waals surface area contributed by atoms with Gasteiger partial charge in [0.1, 0.15) is 0 Å². The Kier molecular flexibility index (Phi) is 4.76. The van der Waals surface area contributed by atoms with E-state index in [0.29, 0.717) is 5.69 Å². The summed E-state index contributed by atoms with van der Waals surface area (Å²) in [5, 5.41) is 1.21. The number of hydrogen-bond donors (Lipinski definition) is 0. The Hall–Kier alpha value is -2.77. The Morgan fingerprint density at radius 3 is 2.35 bits per heavy atom. The highest BCUT2D eigenvalue weighted by Gasteiger charge is 1.91. The van der Waals surface area contributed by atoms with Gasteiger partial charge in [0, 0.05) is 11.1 Å². The number of hydrogen-bond acceptors (Lipinski definition) is 3. The minimum atomic E-state index is 0.646. The second-order valence-corrected chi connectivity index (χ2v) is 4.18. The van der Waals surface area contributed by atoms with E-state index in [2.05, 4.69) is 22.1 Å². The number of nitrogens with zero attached hydrogens (tertiary/aromatic N) is 2. The van der Waals surface area contributed by atoms with Crippen LogP contribution in [0.2, 0.25) is 0 Å². The molecule has 3 aromatic rings. The SMILES string of the molecule is Cc1ccc2ccccc2n1.O=C=Nc1ccccc1. The Balaban J connectivity index is 0.000000151. The molecule has 0 aliphatic rings. The predicted molar refractivity (Wildman–Crippen MR) is 80.7 cm³/mol. The van der Waals surface area contributed by atoms with Crippen molar-refractivity contribution in [1.29, 1.82) is 0 Å². The number of fused-ring (bicyclic) bond motifs is 1. The minimum Gasteiger partial charge on any atom is -0.253 e. The summed E-state index contributed by atoms with van der Waals surface area (Å²) in [7, 11) is 0. The first-order chi connectivity index (χ1) is 9.79. The second-order valence-electron chi connectivity index (χ2n) is 4.18. The molecule has 0 radical (unpaired) electrons. The number of benzene rings is 2. The summed E-state index contributed by atoms with van der Waals surface area (Å²) in [6.07, 6.45) is 1.46. The Morgan fingerprint density at radius 1 is 0.900 bits per heavy atom. The molecule has 0 saturated heterocycles. The molecule has 3 heteroatoms. The smallest absolute Gasteiger partial charge is 0.240 e. The van der Waals surface area contributed by atoms with Gasteiger partial charge in [-0.05, 0) is 31.2 Å². The molecule has 0 amide bonds. The lowest BCUT2D eigenvalue weighted by Crippen LogP contribution is -1.80. The van der Waals surface area contributed by atoms with E-state index in [4.69, 9.17) is 0 Å². The number of para-hydroxylation sites is 2. The molecule has 20 heavy (non-hydrogen) atoms. The van der Waals surface area contributed by atoms with Crippen molar-refractivity contribution in [2.75, 3.05) is 0 Å².